The van der Waals surface area contributed by atoms with Crippen LogP contribution in [-0.2, 0) is 4.79 Å². The number of carbonyl (C=O) groups is 3. The van der Waals surface area contributed by atoms with Crippen LogP contribution >= 0.6 is 34.3 Å². The van der Waals surface area contributed by atoms with Crippen LogP contribution < -0.4 is 10.7 Å². The molecule has 0 unspecified atom stereocenters. The summed E-state index contributed by atoms with van der Waals surface area (Å²) in [7, 11) is 0. The molecule has 0 aliphatic heterocycles. The fourth-order valence-corrected chi connectivity index (χ4v) is 4.57. The van der Waals surface area contributed by atoms with E-state index in [0.717, 1.165) is 16.9 Å². The predicted octanol–water partition coefficient (Wildman–Crippen LogP) is 4.19. The van der Waals surface area contributed by atoms with Gasteiger partial charge in [0.15, 0.2) is 0 Å². The zero-order chi connectivity index (χ0) is 23.3. The summed E-state index contributed by atoms with van der Waals surface area (Å²) < 4.78 is 0. The molecule has 3 rings (SSSR count). The van der Waals surface area contributed by atoms with Gasteiger partial charge in [0, 0.05) is 16.9 Å². The van der Waals surface area contributed by atoms with Gasteiger partial charge >= 0.3 is 5.97 Å². The zero-order valence-corrected chi connectivity index (χ0v) is 19.1. The molecule has 166 valence electrons. The fraction of sp³-hybridized carbons (Fsp3) is 0.143. The number of thiophene rings is 2. The second kappa shape index (κ2) is 10.4. The standard InChI is InChI=1S/C21H18ClN3O5S2/c1-11(14-10-31-19(18(14)28)12-2-4-13(22)5-3-12)24-25-21(30)16-7-6-15(32-16)20(29)23-9-8-17(26)27/h2-7,10,28H,8-9H2,1H3,(H,23,29)(H,25,30)(H,26,27)/b24-11+. The van der Waals surface area contributed by atoms with Crippen LogP contribution in [0.1, 0.15) is 38.3 Å². The summed E-state index contributed by atoms with van der Waals surface area (Å²) in [5.41, 5.74) is 4.13. The number of aromatic hydroxyl groups is 1. The van der Waals surface area contributed by atoms with Crippen LogP contribution in [0.2, 0.25) is 5.02 Å². The first-order valence-corrected chi connectivity index (χ1v) is 11.3. The van der Waals surface area contributed by atoms with Crippen LogP contribution in [0, 0.1) is 0 Å². The largest absolute Gasteiger partial charge is 0.506 e. The van der Waals surface area contributed by atoms with Gasteiger partial charge in [0.05, 0.1) is 32.3 Å². The summed E-state index contributed by atoms with van der Waals surface area (Å²) in [6.45, 7) is 1.66. The number of benzene rings is 1. The third-order valence-corrected chi connectivity index (χ3v) is 6.62. The Balaban J connectivity index is 1.65. The molecule has 2 heterocycles. The Kier molecular flexibility index (Phi) is 7.62. The van der Waals surface area contributed by atoms with Crippen molar-refractivity contribution in [2.75, 3.05) is 6.54 Å². The number of halogens is 1. The number of carboxylic acid groups (broad SMARTS) is 1. The molecule has 2 aromatic heterocycles. The van der Waals surface area contributed by atoms with Gasteiger partial charge in [0.1, 0.15) is 5.75 Å². The molecule has 0 saturated carbocycles. The number of carbonyl (C=O) groups excluding carboxylic acids is 2. The Morgan fingerprint density at radius 1 is 1.06 bits per heavy atom. The first kappa shape index (κ1) is 23.5. The molecule has 2 amide bonds. The molecule has 0 aliphatic rings. The Bertz CT molecular complexity index is 1180. The van der Waals surface area contributed by atoms with Gasteiger partial charge < -0.3 is 15.5 Å². The van der Waals surface area contributed by atoms with Crippen molar-refractivity contribution >= 4 is 57.8 Å². The van der Waals surface area contributed by atoms with Gasteiger partial charge in [-0.25, -0.2) is 5.43 Å². The van der Waals surface area contributed by atoms with E-state index in [0.29, 0.717) is 21.2 Å². The molecule has 0 bridgehead atoms. The monoisotopic (exact) mass is 491 g/mol. The maximum absolute atomic E-state index is 12.4. The van der Waals surface area contributed by atoms with Gasteiger partial charge in [0.25, 0.3) is 11.8 Å². The topological polar surface area (TPSA) is 128 Å². The van der Waals surface area contributed by atoms with E-state index in [1.165, 1.54) is 23.5 Å². The Labute approximate surface area is 196 Å². The van der Waals surface area contributed by atoms with E-state index in [1.807, 2.05) is 0 Å². The highest BCUT2D eigenvalue weighted by Crippen LogP contribution is 2.39. The number of nitrogens with zero attached hydrogens (tertiary/aromatic N) is 1. The lowest BCUT2D eigenvalue weighted by atomic mass is 10.1. The number of hydrazone groups is 1. The summed E-state index contributed by atoms with van der Waals surface area (Å²) in [4.78, 5) is 36.1. The average Bonchev–Trinajstić information content (AvgIpc) is 3.39. The van der Waals surface area contributed by atoms with Crippen LogP contribution in [0.3, 0.4) is 0 Å². The van der Waals surface area contributed by atoms with Gasteiger partial charge in [-0.05, 0) is 36.8 Å². The maximum atomic E-state index is 12.4. The molecular weight excluding hydrogens is 474 g/mol. The third kappa shape index (κ3) is 5.72. The van der Waals surface area contributed by atoms with Gasteiger partial charge in [-0.3, -0.25) is 14.4 Å². The van der Waals surface area contributed by atoms with E-state index in [4.69, 9.17) is 16.7 Å². The lowest BCUT2D eigenvalue weighted by molar-refractivity contribution is -0.136. The molecule has 0 atom stereocenters. The van der Waals surface area contributed by atoms with E-state index in [-0.39, 0.29) is 28.5 Å². The molecule has 1 aromatic carbocycles. The van der Waals surface area contributed by atoms with Crippen LogP contribution in [0.15, 0.2) is 46.9 Å². The molecule has 0 saturated heterocycles. The van der Waals surface area contributed by atoms with Gasteiger partial charge in [0.2, 0.25) is 0 Å². The SMILES string of the molecule is C/C(=N\NC(=O)c1ccc(C(=O)NCCC(=O)O)s1)c1csc(-c2ccc(Cl)cc2)c1O. The molecule has 8 nitrogen and oxygen atoms in total. The van der Waals surface area contributed by atoms with Crippen molar-refractivity contribution in [3.8, 4) is 16.2 Å². The highest BCUT2D eigenvalue weighted by Gasteiger charge is 2.16. The maximum Gasteiger partial charge on any atom is 0.305 e. The van der Waals surface area contributed by atoms with Crippen molar-refractivity contribution < 1.29 is 24.6 Å². The Morgan fingerprint density at radius 2 is 1.72 bits per heavy atom. The zero-order valence-electron chi connectivity index (χ0n) is 16.7. The molecule has 32 heavy (non-hydrogen) atoms. The van der Waals surface area contributed by atoms with E-state index in [2.05, 4.69) is 15.8 Å². The normalized spacial score (nSPS) is 11.2. The average molecular weight is 492 g/mol. The van der Waals surface area contributed by atoms with E-state index < -0.39 is 17.8 Å². The van der Waals surface area contributed by atoms with Gasteiger partial charge in [-0.1, -0.05) is 23.7 Å². The van der Waals surface area contributed by atoms with E-state index >= 15 is 0 Å². The minimum atomic E-state index is -1.01. The summed E-state index contributed by atoms with van der Waals surface area (Å²) >= 11 is 8.21. The smallest absolute Gasteiger partial charge is 0.305 e. The first-order valence-electron chi connectivity index (χ1n) is 9.27. The Hall–Kier alpha value is -3.21. The number of hydrogen-bond donors (Lipinski definition) is 4. The number of rotatable bonds is 8. The number of amides is 2. The summed E-state index contributed by atoms with van der Waals surface area (Å²) in [5, 5.41) is 28.1. The highest BCUT2D eigenvalue weighted by atomic mass is 35.5. The van der Waals surface area contributed by atoms with Crippen molar-refractivity contribution in [1.29, 1.82) is 0 Å². The molecule has 0 fully saturated rings. The number of nitrogens with one attached hydrogen (secondary N) is 2. The minimum Gasteiger partial charge on any atom is -0.506 e. The predicted molar refractivity (Wildman–Crippen MR) is 125 cm³/mol. The minimum absolute atomic E-state index is 0.000766. The lowest BCUT2D eigenvalue weighted by Crippen LogP contribution is -2.25. The third-order valence-electron chi connectivity index (χ3n) is 4.26. The van der Waals surface area contributed by atoms with Crippen molar-refractivity contribution in [2.45, 2.75) is 13.3 Å². The van der Waals surface area contributed by atoms with Gasteiger partial charge in [-0.2, -0.15) is 5.10 Å². The second-order valence-corrected chi connectivity index (χ2v) is 8.94. The second-order valence-electron chi connectivity index (χ2n) is 6.54. The van der Waals surface area contributed by atoms with Crippen LogP contribution in [0.25, 0.3) is 10.4 Å². The summed E-state index contributed by atoms with van der Waals surface area (Å²) in [6.07, 6.45) is -0.187. The summed E-state index contributed by atoms with van der Waals surface area (Å²) in [5.74, 6) is -1.91. The van der Waals surface area contributed by atoms with E-state index in [1.54, 1.807) is 36.6 Å². The van der Waals surface area contributed by atoms with Crippen LogP contribution in [0.5, 0.6) is 5.75 Å². The van der Waals surface area contributed by atoms with Crippen molar-refractivity contribution in [3.05, 3.63) is 62.1 Å². The molecule has 3 aromatic rings. The molecule has 11 heteroatoms. The van der Waals surface area contributed by atoms with Crippen LogP contribution in [0.4, 0.5) is 0 Å². The highest BCUT2D eigenvalue weighted by molar-refractivity contribution is 7.16. The van der Waals surface area contributed by atoms with Gasteiger partial charge in [-0.15, -0.1) is 22.7 Å². The number of aliphatic carboxylic acids is 1. The van der Waals surface area contributed by atoms with Crippen molar-refractivity contribution in [1.82, 2.24) is 10.7 Å². The molecule has 0 aliphatic carbocycles. The van der Waals surface area contributed by atoms with Crippen molar-refractivity contribution in [3.63, 3.8) is 0 Å². The molecule has 0 radical (unpaired) electrons. The number of hydrogen-bond acceptors (Lipinski definition) is 7. The van der Waals surface area contributed by atoms with Crippen LogP contribution in [-0.4, -0.2) is 40.3 Å². The quantitative estimate of drug-likeness (QED) is 0.277. The molecule has 4 N–H and O–H groups in total. The van der Waals surface area contributed by atoms with E-state index in [9.17, 15) is 19.5 Å². The molecule has 0 spiro atoms. The van der Waals surface area contributed by atoms with Crippen molar-refractivity contribution in [2.24, 2.45) is 5.10 Å². The lowest BCUT2D eigenvalue weighted by Gasteiger charge is -2.03. The first-order chi connectivity index (χ1) is 15.3. The number of carboxylic acids is 1. The summed E-state index contributed by atoms with van der Waals surface area (Å²) in [6, 6.07) is 10.0. The molecular formula is C21H18ClN3O5S2. The Morgan fingerprint density at radius 3 is 2.38 bits per heavy atom. The fourth-order valence-electron chi connectivity index (χ4n) is 2.62.